The van der Waals surface area contributed by atoms with Gasteiger partial charge in [-0.25, -0.2) is 4.57 Å². The minimum atomic E-state index is -4.41. The molecule has 0 saturated carbocycles. The van der Waals surface area contributed by atoms with Gasteiger partial charge in [0.1, 0.15) is 12.7 Å². The zero-order chi connectivity index (χ0) is 38.2. The molecule has 9 nitrogen and oxygen atoms in total. The second-order valence-corrected chi connectivity index (χ2v) is 15.8. The topological polar surface area (TPSA) is 131 Å². The summed E-state index contributed by atoms with van der Waals surface area (Å²) in [5, 5.41) is 12.7. The second kappa shape index (κ2) is 39.2. The van der Waals surface area contributed by atoms with Gasteiger partial charge < -0.3 is 20.1 Å². The maximum absolute atomic E-state index is 12.1. The molecule has 0 spiro atoms. The van der Waals surface area contributed by atoms with E-state index in [0.717, 1.165) is 57.8 Å². The van der Waals surface area contributed by atoms with E-state index in [1.54, 1.807) is 0 Å². The summed E-state index contributed by atoms with van der Waals surface area (Å²) in [6.45, 7) is 3.52. The lowest BCUT2D eigenvalue weighted by Gasteiger charge is -2.15. The number of allylic oxidation sites excluding steroid dienone is 4. The highest BCUT2D eigenvalue weighted by molar-refractivity contribution is 7.47. The molecule has 0 rings (SSSR count). The maximum atomic E-state index is 12.1. The first kappa shape index (κ1) is 50.5. The Bertz CT molecular complexity index is 912. The van der Waals surface area contributed by atoms with Crippen LogP contribution >= 0.6 is 7.82 Å². The van der Waals surface area contributed by atoms with Gasteiger partial charge >= 0.3 is 13.8 Å². The van der Waals surface area contributed by atoms with Gasteiger partial charge in [0.15, 0.2) is 0 Å². The number of phosphoric acid groups is 1. The van der Waals surface area contributed by atoms with Gasteiger partial charge in [-0.05, 0) is 64.2 Å². The molecular weight excluding hydrogens is 677 g/mol. The molecule has 0 aromatic rings. The third-order valence-electron chi connectivity index (χ3n) is 9.10. The van der Waals surface area contributed by atoms with Crippen LogP contribution in [0.5, 0.6) is 0 Å². The first-order chi connectivity index (χ1) is 25.3. The molecule has 52 heavy (non-hydrogen) atoms. The molecule has 0 radical (unpaired) electrons. The number of phosphoric ester groups is 1. The molecule has 1 amide bonds. The number of amides is 1. The Morgan fingerprint density at radius 1 is 0.577 bits per heavy atom. The largest absolute Gasteiger partial charge is 0.472 e. The van der Waals surface area contributed by atoms with Crippen LogP contribution in [0.3, 0.4) is 0 Å². The van der Waals surface area contributed by atoms with Crippen LogP contribution < -0.4 is 5.32 Å². The van der Waals surface area contributed by atoms with Crippen LogP contribution in [-0.4, -0.2) is 54.3 Å². The van der Waals surface area contributed by atoms with E-state index in [1.165, 1.54) is 116 Å². The highest BCUT2D eigenvalue weighted by Crippen LogP contribution is 2.42. The Balaban J connectivity index is 3.58. The summed E-state index contributed by atoms with van der Waals surface area (Å²) in [4.78, 5) is 33.8. The SMILES string of the molecule is CCCCC/C=C\CCCCCCCC(=O)OCC(O)COP(=O)(O)OCCNC(=O)CCCCCCCCCCC/C=C/CCCCCCCC. The molecule has 306 valence electrons. The van der Waals surface area contributed by atoms with Crippen molar-refractivity contribution in [1.82, 2.24) is 5.32 Å². The number of carbonyl (C=O) groups is 2. The number of carbonyl (C=O) groups excluding carboxylic acids is 2. The zero-order valence-electron chi connectivity index (χ0n) is 33.5. The molecule has 3 N–H and O–H groups in total. The average Bonchev–Trinajstić information content (AvgIpc) is 3.13. The fourth-order valence-electron chi connectivity index (χ4n) is 5.84. The number of esters is 1. The number of unbranched alkanes of at least 4 members (excludes halogenated alkanes) is 23. The van der Waals surface area contributed by atoms with Crippen LogP contribution in [0.2, 0.25) is 0 Å². The number of aliphatic hydroxyl groups excluding tert-OH is 1. The van der Waals surface area contributed by atoms with Crippen molar-refractivity contribution in [3.63, 3.8) is 0 Å². The van der Waals surface area contributed by atoms with E-state index in [9.17, 15) is 24.2 Å². The summed E-state index contributed by atoms with van der Waals surface area (Å²) in [5.74, 6) is -0.525. The molecular formula is C42H80NO8P. The Morgan fingerprint density at radius 3 is 1.48 bits per heavy atom. The van der Waals surface area contributed by atoms with Crippen LogP contribution in [0.4, 0.5) is 0 Å². The van der Waals surface area contributed by atoms with Crippen molar-refractivity contribution >= 4 is 19.7 Å². The number of aliphatic hydroxyl groups is 1. The van der Waals surface area contributed by atoms with Gasteiger partial charge in [0.2, 0.25) is 5.91 Å². The second-order valence-electron chi connectivity index (χ2n) is 14.3. The van der Waals surface area contributed by atoms with Crippen LogP contribution in [0.25, 0.3) is 0 Å². The first-order valence-corrected chi connectivity index (χ1v) is 22.8. The predicted octanol–water partition coefficient (Wildman–Crippen LogP) is 11.6. The molecule has 2 unspecified atom stereocenters. The van der Waals surface area contributed by atoms with Crippen LogP contribution in [-0.2, 0) is 27.9 Å². The summed E-state index contributed by atoms with van der Waals surface area (Å²) in [6, 6.07) is 0. The van der Waals surface area contributed by atoms with Gasteiger partial charge in [0.05, 0.1) is 13.2 Å². The van der Waals surface area contributed by atoms with E-state index < -0.39 is 26.5 Å². The zero-order valence-corrected chi connectivity index (χ0v) is 34.4. The molecule has 10 heteroatoms. The van der Waals surface area contributed by atoms with Gasteiger partial charge in [0, 0.05) is 19.4 Å². The number of rotatable bonds is 40. The summed E-state index contributed by atoms with van der Waals surface area (Å²) in [5.41, 5.74) is 0. The molecule has 0 aliphatic carbocycles. The monoisotopic (exact) mass is 758 g/mol. The van der Waals surface area contributed by atoms with Gasteiger partial charge in [0.25, 0.3) is 0 Å². The molecule has 0 saturated heterocycles. The van der Waals surface area contributed by atoms with Crippen molar-refractivity contribution in [2.24, 2.45) is 0 Å². The quantitative estimate of drug-likeness (QED) is 0.0244. The number of ether oxygens (including phenoxy) is 1. The maximum Gasteiger partial charge on any atom is 0.472 e. The molecule has 0 aromatic heterocycles. The van der Waals surface area contributed by atoms with E-state index in [4.69, 9.17) is 13.8 Å². The fourth-order valence-corrected chi connectivity index (χ4v) is 6.60. The van der Waals surface area contributed by atoms with Crippen molar-refractivity contribution in [2.45, 2.75) is 206 Å². The molecule has 0 aliphatic rings. The summed E-state index contributed by atoms with van der Waals surface area (Å²) in [6.07, 6.45) is 41.1. The lowest BCUT2D eigenvalue weighted by Crippen LogP contribution is -2.27. The van der Waals surface area contributed by atoms with E-state index in [2.05, 4.69) is 43.5 Å². The molecule has 0 heterocycles. The number of nitrogens with one attached hydrogen (secondary N) is 1. The summed E-state index contributed by atoms with van der Waals surface area (Å²) < 4.78 is 26.8. The van der Waals surface area contributed by atoms with Crippen LogP contribution in [0.15, 0.2) is 24.3 Å². The number of hydrogen-bond donors (Lipinski definition) is 3. The average molecular weight is 758 g/mol. The highest BCUT2D eigenvalue weighted by Gasteiger charge is 2.23. The standard InChI is InChI=1S/C42H80NO8P/c1-3-5-7-9-11-13-15-17-18-19-20-21-22-23-24-26-28-30-32-34-41(45)43-36-37-50-52(47,48)51-39-40(44)38-49-42(46)35-33-31-29-27-25-16-14-12-10-8-6-4-2/h12,14,17-18,40,44H,3-11,13,15-16,19-39H2,1-2H3,(H,43,45)(H,47,48)/b14-12-,18-17+. The Kier molecular flexibility index (Phi) is 38.1. The van der Waals surface area contributed by atoms with E-state index in [-0.39, 0.29) is 32.1 Å². The summed E-state index contributed by atoms with van der Waals surface area (Å²) >= 11 is 0. The van der Waals surface area contributed by atoms with Crippen LogP contribution in [0, 0.1) is 0 Å². The fraction of sp³-hybridized carbons (Fsp3) is 0.857. The summed E-state index contributed by atoms with van der Waals surface area (Å²) in [7, 11) is -4.41. The molecule has 2 atom stereocenters. The van der Waals surface area contributed by atoms with Crippen molar-refractivity contribution in [3.8, 4) is 0 Å². The third kappa shape index (κ3) is 39.7. The third-order valence-corrected chi connectivity index (χ3v) is 10.1. The Morgan fingerprint density at radius 2 is 0.981 bits per heavy atom. The predicted molar refractivity (Wildman–Crippen MR) is 215 cm³/mol. The molecule has 0 fully saturated rings. The van der Waals surface area contributed by atoms with E-state index in [1.807, 2.05) is 0 Å². The smallest absolute Gasteiger partial charge is 0.463 e. The number of hydrogen-bond acceptors (Lipinski definition) is 7. The Hall–Kier alpha value is -1.51. The Labute approximate surface area is 319 Å². The minimum absolute atomic E-state index is 0.0813. The van der Waals surface area contributed by atoms with E-state index >= 15 is 0 Å². The lowest BCUT2D eigenvalue weighted by molar-refractivity contribution is -0.147. The van der Waals surface area contributed by atoms with Crippen molar-refractivity contribution in [2.75, 3.05) is 26.4 Å². The highest BCUT2D eigenvalue weighted by atomic mass is 31.2. The van der Waals surface area contributed by atoms with Crippen molar-refractivity contribution in [3.05, 3.63) is 24.3 Å². The van der Waals surface area contributed by atoms with Gasteiger partial charge in [-0.15, -0.1) is 0 Å². The normalized spacial score (nSPS) is 13.5. The lowest BCUT2D eigenvalue weighted by atomic mass is 10.1. The van der Waals surface area contributed by atoms with Gasteiger partial charge in [-0.1, -0.05) is 147 Å². The minimum Gasteiger partial charge on any atom is -0.463 e. The van der Waals surface area contributed by atoms with Crippen molar-refractivity contribution < 1.29 is 37.9 Å². The molecule has 0 aromatic carbocycles. The van der Waals surface area contributed by atoms with Crippen LogP contribution in [0.1, 0.15) is 200 Å². The molecule has 0 aliphatic heterocycles. The first-order valence-electron chi connectivity index (χ1n) is 21.3. The van der Waals surface area contributed by atoms with Crippen molar-refractivity contribution in [1.29, 1.82) is 0 Å². The molecule has 0 bridgehead atoms. The van der Waals surface area contributed by atoms with E-state index in [0.29, 0.717) is 6.42 Å². The van der Waals surface area contributed by atoms with Gasteiger partial charge in [-0.2, -0.15) is 0 Å². The van der Waals surface area contributed by atoms with Gasteiger partial charge in [-0.3, -0.25) is 18.6 Å².